The highest BCUT2D eigenvalue weighted by atomic mass is 16.2. The van der Waals surface area contributed by atoms with E-state index < -0.39 is 0 Å². The van der Waals surface area contributed by atoms with Crippen LogP contribution in [0.2, 0.25) is 0 Å². The third kappa shape index (κ3) is 2.75. The number of aromatic nitrogens is 1. The van der Waals surface area contributed by atoms with E-state index in [0.29, 0.717) is 24.4 Å². The van der Waals surface area contributed by atoms with Gasteiger partial charge in [-0.05, 0) is 26.0 Å². The molecule has 0 aliphatic carbocycles. The summed E-state index contributed by atoms with van der Waals surface area (Å²) < 4.78 is 0. The number of fused-ring (bicyclic) bond motifs is 1. The molecule has 5 nitrogen and oxygen atoms in total. The second-order valence-electron chi connectivity index (χ2n) is 5.92. The fourth-order valence-corrected chi connectivity index (χ4v) is 3.48. The van der Waals surface area contributed by atoms with E-state index in [0.717, 1.165) is 38.4 Å². The van der Waals surface area contributed by atoms with Crippen molar-refractivity contribution in [3.63, 3.8) is 0 Å². The second-order valence-corrected chi connectivity index (χ2v) is 5.92. The van der Waals surface area contributed by atoms with E-state index in [2.05, 4.69) is 35.1 Å². The third-order valence-electron chi connectivity index (χ3n) is 4.59. The van der Waals surface area contributed by atoms with Gasteiger partial charge in [0.1, 0.15) is 5.82 Å². The molecule has 1 N–H and O–H groups in total. The van der Waals surface area contributed by atoms with E-state index in [-0.39, 0.29) is 0 Å². The normalized spacial score (nSPS) is 23.3. The standard InChI is InChI=1S/C16H24N4O/c1-3-17-12(2)14-5-4-8-18-16(14)19-9-10-20-13(11-19)6-7-15(20)21/h4-5,8,12-13,17H,3,6-7,9-11H2,1-2H3. The largest absolute Gasteiger partial charge is 0.353 e. The zero-order chi connectivity index (χ0) is 14.8. The van der Waals surface area contributed by atoms with Gasteiger partial charge in [0.15, 0.2) is 0 Å². The Balaban J connectivity index is 1.80. The Labute approximate surface area is 126 Å². The molecule has 0 radical (unpaired) electrons. The molecular formula is C16H24N4O. The summed E-state index contributed by atoms with van der Waals surface area (Å²) in [4.78, 5) is 20.8. The molecule has 0 aromatic carbocycles. The van der Waals surface area contributed by atoms with Gasteiger partial charge in [-0.25, -0.2) is 4.98 Å². The zero-order valence-corrected chi connectivity index (χ0v) is 12.9. The van der Waals surface area contributed by atoms with Crippen LogP contribution in [0.1, 0.15) is 38.3 Å². The van der Waals surface area contributed by atoms with Crippen molar-refractivity contribution in [2.45, 2.75) is 38.8 Å². The summed E-state index contributed by atoms with van der Waals surface area (Å²) >= 11 is 0. The number of piperazine rings is 1. The van der Waals surface area contributed by atoms with Crippen LogP contribution in [0.15, 0.2) is 18.3 Å². The van der Waals surface area contributed by atoms with E-state index in [1.165, 1.54) is 5.56 Å². The van der Waals surface area contributed by atoms with Gasteiger partial charge in [-0.15, -0.1) is 0 Å². The molecule has 3 heterocycles. The van der Waals surface area contributed by atoms with Crippen LogP contribution in [0.25, 0.3) is 0 Å². The van der Waals surface area contributed by atoms with E-state index in [9.17, 15) is 4.79 Å². The molecule has 2 atom stereocenters. The molecular weight excluding hydrogens is 264 g/mol. The van der Waals surface area contributed by atoms with Crippen LogP contribution in [0, 0.1) is 0 Å². The minimum absolute atomic E-state index is 0.293. The zero-order valence-electron chi connectivity index (χ0n) is 12.9. The minimum Gasteiger partial charge on any atom is -0.353 e. The molecule has 5 heteroatoms. The number of amides is 1. The highest BCUT2D eigenvalue weighted by Gasteiger charge is 2.36. The monoisotopic (exact) mass is 288 g/mol. The fraction of sp³-hybridized carbons (Fsp3) is 0.625. The quantitative estimate of drug-likeness (QED) is 0.913. The first-order valence-electron chi connectivity index (χ1n) is 7.93. The Kier molecular flexibility index (Phi) is 4.10. The van der Waals surface area contributed by atoms with Crippen LogP contribution < -0.4 is 10.2 Å². The van der Waals surface area contributed by atoms with Crippen LogP contribution in [-0.2, 0) is 4.79 Å². The molecule has 2 fully saturated rings. The van der Waals surface area contributed by atoms with Crippen LogP contribution >= 0.6 is 0 Å². The first-order valence-corrected chi connectivity index (χ1v) is 7.93. The topological polar surface area (TPSA) is 48.5 Å². The number of nitrogens with zero attached hydrogens (tertiary/aromatic N) is 3. The Bertz CT molecular complexity index is 519. The lowest BCUT2D eigenvalue weighted by Crippen LogP contribution is -2.52. The number of carbonyl (C=O) groups is 1. The average molecular weight is 288 g/mol. The molecule has 2 aliphatic heterocycles. The van der Waals surface area contributed by atoms with Crippen LogP contribution in [0.5, 0.6) is 0 Å². The predicted molar refractivity (Wildman–Crippen MR) is 83.3 cm³/mol. The first-order chi connectivity index (χ1) is 10.2. The summed E-state index contributed by atoms with van der Waals surface area (Å²) in [5.74, 6) is 1.40. The van der Waals surface area contributed by atoms with Crippen molar-refractivity contribution >= 4 is 11.7 Å². The number of rotatable bonds is 4. The van der Waals surface area contributed by atoms with Gasteiger partial charge >= 0.3 is 0 Å². The van der Waals surface area contributed by atoms with E-state index in [1.54, 1.807) is 0 Å². The summed E-state index contributed by atoms with van der Waals surface area (Å²) in [7, 11) is 0. The van der Waals surface area contributed by atoms with E-state index in [4.69, 9.17) is 0 Å². The van der Waals surface area contributed by atoms with Gasteiger partial charge in [0.2, 0.25) is 5.91 Å². The number of hydrogen-bond donors (Lipinski definition) is 1. The molecule has 21 heavy (non-hydrogen) atoms. The molecule has 1 amide bonds. The van der Waals surface area contributed by atoms with Gasteiger partial charge in [-0.3, -0.25) is 4.79 Å². The SMILES string of the molecule is CCNC(C)c1cccnc1N1CCN2C(=O)CCC2C1. The van der Waals surface area contributed by atoms with Gasteiger partial charge in [-0.2, -0.15) is 0 Å². The highest BCUT2D eigenvalue weighted by Crippen LogP contribution is 2.29. The molecule has 2 saturated heterocycles. The maximum absolute atomic E-state index is 11.8. The highest BCUT2D eigenvalue weighted by molar-refractivity contribution is 5.79. The molecule has 2 unspecified atom stereocenters. The Morgan fingerprint density at radius 3 is 3.14 bits per heavy atom. The lowest BCUT2D eigenvalue weighted by Gasteiger charge is -2.39. The van der Waals surface area contributed by atoms with Gasteiger partial charge in [0.25, 0.3) is 0 Å². The van der Waals surface area contributed by atoms with Crippen LogP contribution in [0.4, 0.5) is 5.82 Å². The molecule has 114 valence electrons. The van der Waals surface area contributed by atoms with Crippen molar-refractivity contribution in [3.8, 4) is 0 Å². The van der Waals surface area contributed by atoms with Crippen molar-refractivity contribution in [2.24, 2.45) is 0 Å². The summed E-state index contributed by atoms with van der Waals surface area (Å²) in [6, 6.07) is 4.82. The summed E-state index contributed by atoms with van der Waals surface area (Å²) in [5.41, 5.74) is 1.25. The first kappa shape index (κ1) is 14.3. The smallest absolute Gasteiger partial charge is 0.223 e. The summed E-state index contributed by atoms with van der Waals surface area (Å²) in [6.07, 6.45) is 3.56. The Hall–Kier alpha value is -1.62. The molecule has 1 aromatic rings. The van der Waals surface area contributed by atoms with Crippen molar-refractivity contribution in [1.29, 1.82) is 0 Å². The van der Waals surface area contributed by atoms with Crippen molar-refractivity contribution in [3.05, 3.63) is 23.9 Å². The number of hydrogen-bond acceptors (Lipinski definition) is 4. The number of carbonyl (C=O) groups excluding carboxylic acids is 1. The summed E-state index contributed by atoms with van der Waals surface area (Å²) in [6.45, 7) is 7.87. The van der Waals surface area contributed by atoms with Gasteiger partial charge in [0.05, 0.1) is 0 Å². The third-order valence-corrected chi connectivity index (χ3v) is 4.59. The molecule has 3 rings (SSSR count). The number of nitrogens with one attached hydrogen (secondary N) is 1. The van der Waals surface area contributed by atoms with Crippen molar-refractivity contribution in [2.75, 3.05) is 31.1 Å². The minimum atomic E-state index is 0.293. The van der Waals surface area contributed by atoms with Crippen LogP contribution in [0.3, 0.4) is 0 Å². The van der Waals surface area contributed by atoms with Gasteiger partial charge in [0, 0.05) is 49.9 Å². The Morgan fingerprint density at radius 1 is 1.48 bits per heavy atom. The van der Waals surface area contributed by atoms with Crippen molar-refractivity contribution in [1.82, 2.24) is 15.2 Å². The second kappa shape index (κ2) is 6.02. The Morgan fingerprint density at radius 2 is 2.33 bits per heavy atom. The lowest BCUT2D eigenvalue weighted by atomic mass is 10.1. The number of anilines is 1. The molecule has 0 spiro atoms. The summed E-state index contributed by atoms with van der Waals surface area (Å²) in [5, 5.41) is 3.46. The predicted octanol–water partition coefficient (Wildman–Crippen LogP) is 1.56. The molecule has 0 bridgehead atoms. The van der Waals surface area contributed by atoms with Gasteiger partial charge in [-0.1, -0.05) is 13.0 Å². The average Bonchev–Trinajstić information content (AvgIpc) is 2.88. The van der Waals surface area contributed by atoms with Gasteiger partial charge < -0.3 is 15.1 Å². The maximum Gasteiger partial charge on any atom is 0.223 e. The maximum atomic E-state index is 11.8. The van der Waals surface area contributed by atoms with Crippen molar-refractivity contribution < 1.29 is 4.79 Å². The van der Waals surface area contributed by atoms with E-state index in [1.807, 2.05) is 17.2 Å². The molecule has 0 saturated carbocycles. The molecule has 1 aromatic heterocycles. The lowest BCUT2D eigenvalue weighted by molar-refractivity contribution is -0.129. The van der Waals surface area contributed by atoms with Crippen LogP contribution in [-0.4, -0.2) is 48.0 Å². The number of pyridine rings is 1. The molecule has 2 aliphatic rings. The van der Waals surface area contributed by atoms with E-state index >= 15 is 0 Å². The fourth-order valence-electron chi connectivity index (χ4n) is 3.48.